The van der Waals surface area contributed by atoms with E-state index in [0.29, 0.717) is 34.6 Å². The molecule has 1 saturated heterocycles. The lowest BCUT2D eigenvalue weighted by molar-refractivity contribution is 0.0586. The Morgan fingerprint density at radius 2 is 1.82 bits per heavy atom. The molecule has 3 N–H and O–H groups in total. The van der Waals surface area contributed by atoms with E-state index in [1.807, 2.05) is 60.0 Å². The molecule has 1 saturated carbocycles. The summed E-state index contributed by atoms with van der Waals surface area (Å²) in [6.07, 6.45) is 11.7. The van der Waals surface area contributed by atoms with E-state index >= 15 is 4.39 Å². The van der Waals surface area contributed by atoms with Crippen LogP contribution in [0.3, 0.4) is 0 Å². The molecule has 0 spiro atoms. The Bertz CT molecular complexity index is 1550. The third-order valence-corrected chi connectivity index (χ3v) is 8.85. The molecule has 2 fully saturated rings. The summed E-state index contributed by atoms with van der Waals surface area (Å²) in [5, 5.41) is 3.44. The number of piperazine rings is 1. The van der Waals surface area contributed by atoms with Gasteiger partial charge in [0.25, 0.3) is 0 Å². The summed E-state index contributed by atoms with van der Waals surface area (Å²) in [6, 6.07) is 10.0. The van der Waals surface area contributed by atoms with E-state index in [1.165, 1.54) is 0 Å². The number of likely N-dealkylation sites (N-methyl/N-ethyl adjacent to an activating group) is 1. The number of nitrogens with zero attached hydrogens (tertiary/aromatic N) is 5. The molecule has 2 aliphatic carbocycles. The Morgan fingerprint density at radius 1 is 1.05 bits per heavy atom. The Balaban J connectivity index is 1.22. The predicted octanol–water partition coefficient (Wildman–Crippen LogP) is 4.38. The first kappa shape index (κ1) is 24.3. The second kappa shape index (κ2) is 9.47. The number of allylic oxidation sites excluding steroid dienone is 4. The van der Waals surface area contributed by atoms with E-state index < -0.39 is 6.04 Å². The average Bonchev–Trinajstić information content (AvgIpc) is 3.30. The standard InChI is InChI=1S/C31H34FN7/c1-19-16-25(20-6-4-3-5-7-20)35-27-23(19)8-9-24(26(27)32)28-29-30(33)34-10-11-39(29)31(36-28)21-17-22(18-21)38-14-12-37(2)13-15-38/h3-11,16,21-22,27,35H,12-15,17-18H2,1-2H3,(H2,33,34). The first-order valence-corrected chi connectivity index (χ1v) is 13.9. The van der Waals surface area contributed by atoms with Gasteiger partial charge in [-0.3, -0.25) is 9.30 Å². The Kier molecular flexibility index (Phi) is 5.90. The second-order valence-electron chi connectivity index (χ2n) is 11.2. The monoisotopic (exact) mass is 523 g/mol. The highest BCUT2D eigenvalue weighted by molar-refractivity contribution is 5.90. The Morgan fingerprint density at radius 3 is 2.59 bits per heavy atom. The van der Waals surface area contributed by atoms with Gasteiger partial charge < -0.3 is 16.0 Å². The predicted molar refractivity (Wildman–Crippen MR) is 153 cm³/mol. The van der Waals surface area contributed by atoms with Crippen LogP contribution in [0.4, 0.5) is 10.2 Å². The Hall–Kier alpha value is -3.75. The van der Waals surface area contributed by atoms with Crippen LogP contribution < -0.4 is 11.1 Å². The lowest BCUT2D eigenvalue weighted by Gasteiger charge is -2.45. The summed E-state index contributed by atoms with van der Waals surface area (Å²) in [6.45, 7) is 6.50. The third kappa shape index (κ3) is 4.10. The number of imidazole rings is 1. The fourth-order valence-electron chi connectivity index (χ4n) is 6.46. The average molecular weight is 524 g/mol. The number of benzene rings is 1. The van der Waals surface area contributed by atoms with E-state index in [1.54, 1.807) is 6.20 Å². The number of nitrogens with one attached hydrogen (secondary N) is 1. The quantitative estimate of drug-likeness (QED) is 0.529. The molecule has 4 heterocycles. The molecular weight excluding hydrogens is 489 g/mol. The fourth-order valence-corrected chi connectivity index (χ4v) is 6.46. The molecule has 3 aromatic rings. The number of hydrogen-bond acceptors (Lipinski definition) is 6. The number of aromatic nitrogens is 3. The van der Waals surface area contributed by atoms with Gasteiger partial charge in [-0.25, -0.2) is 14.4 Å². The van der Waals surface area contributed by atoms with Crippen molar-refractivity contribution in [2.45, 2.75) is 37.8 Å². The van der Waals surface area contributed by atoms with Gasteiger partial charge in [0.2, 0.25) is 0 Å². The molecule has 2 aromatic heterocycles. The molecule has 7 rings (SSSR count). The van der Waals surface area contributed by atoms with E-state index in [0.717, 1.165) is 67.3 Å². The number of fused-ring (bicyclic) bond motifs is 2. The molecule has 200 valence electrons. The van der Waals surface area contributed by atoms with Crippen molar-refractivity contribution >= 4 is 22.6 Å². The van der Waals surface area contributed by atoms with Crippen LogP contribution in [0, 0.1) is 0 Å². The maximum absolute atomic E-state index is 16.4. The number of nitrogen functional groups attached to an aromatic ring is 1. The number of hydrogen-bond donors (Lipinski definition) is 2. The highest BCUT2D eigenvalue weighted by Crippen LogP contribution is 2.43. The summed E-state index contributed by atoms with van der Waals surface area (Å²) in [5.41, 5.74) is 12.0. The molecule has 0 radical (unpaired) electrons. The van der Waals surface area contributed by atoms with Gasteiger partial charge in [0.1, 0.15) is 34.7 Å². The zero-order valence-electron chi connectivity index (χ0n) is 22.4. The summed E-state index contributed by atoms with van der Waals surface area (Å²) in [7, 11) is 2.19. The van der Waals surface area contributed by atoms with Crippen LogP contribution in [-0.4, -0.2) is 69.5 Å². The molecule has 4 aliphatic rings. The molecule has 8 heteroatoms. The van der Waals surface area contributed by atoms with Crippen molar-refractivity contribution in [2.24, 2.45) is 0 Å². The van der Waals surface area contributed by atoms with Crippen LogP contribution in [0.1, 0.15) is 42.8 Å². The van der Waals surface area contributed by atoms with Crippen molar-refractivity contribution in [3.05, 3.63) is 95.0 Å². The molecule has 0 amide bonds. The van der Waals surface area contributed by atoms with Gasteiger partial charge in [-0.05, 0) is 55.7 Å². The maximum atomic E-state index is 16.4. The summed E-state index contributed by atoms with van der Waals surface area (Å²) >= 11 is 0. The minimum atomic E-state index is -0.575. The van der Waals surface area contributed by atoms with Crippen molar-refractivity contribution in [3.8, 4) is 0 Å². The minimum Gasteiger partial charge on any atom is -0.382 e. The van der Waals surface area contributed by atoms with Crippen LogP contribution in [0.2, 0.25) is 0 Å². The largest absolute Gasteiger partial charge is 0.382 e. The zero-order chi connectivity index (χ0) is 26.7. The SMILES string of the molecule is CC1=C2C=CC(c3nc(C4CC(N5CCN(C)CC5)C4)n4ccnc(N)c34)=C(F)C2NC(c2ccccc2)=C1. The number of rotatable bonds is 4. The van der Waals surface area contributed by atoms with Crippen LogP contribution in [0.25, 0.3) is 16.8 Å². The first-order chi connectivity index (χ1) is 19.0. The fraction of sp³-hybridized carbons (Fsp3) is 0.355. The van der Waals surface area contributed by atoms with E-state index in [9.17, 15) is 0 Å². The molecule has 1 atom stereocenters. The highest BCUT2D eigenvalue weighted by atomic mass is 19.1. The van der Waals surface area contributed by atoms with Gasteiger partial charge in [0.15, 0.2) is 0 Å². The van der Waals surface area contributed by atoms with Crippen molar-refractivity contribution < 1.29 is 4.39 Å². The third-order valence-electron chi connectivity index (χ3n) is 8.85. The molecule has 7 nitrogen and oxygen atoms in total. The van der Waals surface area contributed by atoms with Gasteiger partial charge in [-0.2, -0.15) is 0 Å². The van der Waals surface area contributed by atoms with E-state index in [4.69, 9.17) is 10.7 Å². The maximum Gasteiger partial charge on any atom is 0.150 e. The normalized spacial score (nSPS) is 25.9. The molecular formula is C31H34FN7. The summed E-state index contributed by atoms with van der Waals surface area (Å²) < 4.78 is 18.5. The number of dihydropyridines is 1. The van der Waals surface area contributed by atoms with Gasteiger partial charge in [-0.1, -0.05) is 36.4 Å². The van der Waals surface area contributed by atoms with Crippen molar-refractivity contribution in [2.75, 3.05) is 39.0 Å². The summed E-state index contributed by atoms with van der Waals surface area (Å²) in [4.78, 5) is 14.4. The van der Waals surface area contributed by atoms with E-state index in [2.05, 4.69) is 33.2 Å². The molecule has 1 aromatic carbocycles. The van der Waals surface area contributed by atoms with Crippen LogP contribution in [-0.2, 0) is 0 Å². The lowest BCUT2D eigenvalue weighted by Crippen LogP contribution is -2.52. The van der Waals surface area contributed by atoms with Crippen molar-refractivity contribution in [3.63, 3.8) is 0 Å². The molecule has 39 heavy (non-hydrogen) atoms. The van der Waals surface area contributed by atoms with Crippen molar-refractivity contribution in [1.82, 2.24) is 29.5 Å². The molecule has 1 unspecified atom stereocenters. The van der Waals surface area contributed by atoms with Gasteiger partial charge in [-0.15, -0.1) is 0 Å². The van der Waals surface area contributed by atoms with Crippen LogP contribution >= 0.6 is 0 Å². The van der Waals surface area contributed by atoms with E-state index in [-0.39, 0.29) is 5.83 Å². The summed E-state index contributed by atoms with van der Waals surface area (Å²) in [5.74, 6) is 1.39. The number of anilines is 1. The first-order valence-electron chi connectivity index (χ1n) is 13.9. The smallest absolute Gasteiger partial charge is 0.150 e. The molecule has 0 bridgehead atoms. The highest BCUT2D eigenvalue weighted by Gasteiger charge is 2.39. The lowest BCUT2D eigenvalue weighted by atomic mass is 9.78. The minimum absolute atomic E-state index is 0.243. The van der Waals surface area contributed by atoms with Crippen molar-refractivity contribution in [1.29, 1.82) is 0 Å². The molecule has 2 aliphatic heterocycles. The topological polar surface area (TPSA) is 74.7 Å². The van der Waals surface area contributed by atoms with Gasteiger partial charge in [0.05, 0.1) is 0 Å². The number of nitrogens with two attached hydrogens (primary N) is 1. The van der Waals surface area contributed by atoms with Crippen LogP contribution in [0.5, 0.6) is 0 Å². The number of halogens is 1. The second-order valence-corrected chi connectivity index (χ2v) is 11.2. The van der Waals surface area contributed by atoms with Gasteiger partial charge in [0, 0.05) is 61.8 Å². The van der Waals surface area contributed by atoms with Gasteiger partial charge >= 0.3 is 0 Å². The zero-order valence-corrected chi connectivity index (χ0v) is 22.4. The Labute approximate surface area is 228 Å². The van der Waals surface area contributed by atoms with Crippen LogP contribution in [0.15, 0.2) is 77.9 Å².